The summed E-state index contributed by atoms with van der Waals surface area (Å²) < 4.78 is 24.7. The van der Waals surface area contributed by atoms with Crippen molar-refractivity contribution in [1.82, 2.24) is 4.90 Å². The highest BCUT2D eigenvalue weighted by Crippen LogP contribution is 2.35. The molecule has 0 aromatic heterocycles. The number of hydrogen-bond acceptors (Lipinski definition) is 1. The van der Waals surface area contributed by atoms with Crippen LogP contribution in [0, 0.1) is 0 Å². The number of alkyl halides is 2. The average Bonchev–Trinajstić information content (AvgIpc) is 2.40. The Bertz CT molecular complexity index is 112. The molecule has 1 aliphatic carbocycles. The quantitative estimate of drug-likeness (QED) is 0.573. The lowest BCUT2D eigenvalue weighted by molar-refractivity contribution is 0.227. The second kappa shape index (κ2) is 2.46. The van der Waals surface area contributed by atoms with E-state index in [1.165, 1.54) is 0 Å². The Kier molecular flexibility index (Phi) is 1.95. The number of halogens is 2. The van der Waals surface area contributed by atoms with Gasteiger partial charge in [-0.05, 0) is 20.9 Å². The summed E-state index contributed by atoms with van der Waals surface area (Å²) >= 11 is 0. The molecule has 3 heteroatoms. The fraction of sp³-hybridized carbons (Fsp3) is 1.00. The van der Waals surface area contributed by atoms with E-state index in [0.717, 1.165) is 0 Å². The van der Waals surface area contributed by atoms with Gasteiger partial charge in [-0.1, -0.05) is 0 Å². The van der Waals surface area contributed by atoms with Gasteiger partial charge in [0.2, 0.25) is 0 Å². The minimum absolute atomic E-state index is 0.226. The highest BCUT2D eigenvalue weighted by molar-refractivity contribution is 5.06. The number of hydrogen-bond donors (Lipinski definition) is 0. The van der Waals surface area contributed by atoms with Crippen LogP contribution in [-0.4, -0.2) is 36.4 Å². The third kappa shape index (κ3) is 1.15. The molecule has 2 atom stereocenters. The molecule has 0 N–H and O–H groups in total. The zero-order chi connectivity index (χ0) is 7.89. The zero-order valence-corrected chi connectivity index (χ0v) is 6.51. The maximum atomic E-state index is 12.4. The van der Waals surface area contributed by atoms with Crippen molar-refractivity contribution in [3.8, 4) is 0 Å². The van der Waals surface area contributed by atoms with Crippen molar-refractivity contribution in [2.24, 2.45) is 0 Å². The van der Waals surface area contributed by atoms with E-state index < -0.39 is 18.4 Å². The van der Waals surface area contributed by atoms with Crippen molar-refractivity contribution in [3.05, 3.63) is 0 Å². The first-order valence-corrected chi connectivity index (χ1v) is 3.55. The van der Waals surface area contributed by atoms with E-state index in [2.05, 4.69) is 0 Å². The van der Waals surface area contributed by atoms with Gasteiger partial charge in [0, 0.05) is 6.04 Å². The zero-order valence-electron chi connectivity index (χ0n) is 6.51. The Morgan fingerprint density at radius 1 is 1.20 bits per heavy atom. The number of rotatable bonds is 2. The van der Waals surface area contributed by atoms with Crippen molar-refractivity contribution in [3.63, 3.8) is 0 Å². The van der Waals surface area contributed by atoms with Crippen LogP contribution >= 0.6 is 0 Å². The van der Waals surface area contributed by atoms with E-state index in [1.54, 1.807) is 11.9 Å². The van der Waals surface area contributed by atoms with Gasteiger partial charge in [0.15, 0.2) is 12.3 Å². The van der Waals surface area contributed by atoms with Gasteiger partial charge in [-0.3, -0.25) is 4.90 Å². The van der Waals surface area contributed by atoms with Crippen molar-refractivity contribution < 1.29 is 8.78 Å². The molecule has 0 heterocycles. The molecule has 0 radical (unpaired) electrons. The summed E-state index contributed by atoms with van der Waals surface area (Å²) in [5.74, 6) is 0. The second-order valence-corrected chi connectivity index (χ2v) is 3.14. The summed E-state index contributed by atoms with van der Waals surface area (Å²) in [5.41, 5.74) is 0. The molecule has 0 aromatic rings. The first-order valence-electron chi connectivity index (χ1n) is 3.55. The van der Waals surface area contributed by atoms with Crippen LogP contribution in [-0.2, 0) is 0 Å². The largest absolute Gasteiger partial charge is 0.295 e. The molecule has 1 saturated carbocycles. The molecule has 0 aliphatic heterocycles. The van der Waals surface area contributed by atoms with E-state index in [4.69, 9.17) is 0 Å². The predicted octanol–water partition coefficient (Wildman–Crippen LogP) is 1.39. The molecule has 1 rings (SSSR count). The van der Waals surface area contributed by atoms with Crippen molar-refractivity contribution in [2.75, 3.05) is 7.05 Å². The summed E-state index contributed by atoms with van der Waals surface area (Å²) in [6.07, 6.45) is -2.49. The van der Waals surface area contributed by atoms with Crippen molar-refractivity contribution >= 4 is 0 Å². The van der Waals surface area contributed by atoms with Gasteiger partial charge in [0.1, 0.15) is 0 Å². The van der Waals surface area contributed by atoms with E-state index in [0.29, 0.717) is 0 Å². The summed E-state index contributed by atoms with van der Waals surface area (Å²) in [6, 6.07) is -0.246. The van der Waals surface area contributed by atoms with Crippen LogP contribution in [0.15, 0.2) is 0 Å². The van der Waals surface area contributed by atoms with Crippen LogP contribution < -0.4 is 0 Å². The van der Waals surface area contributed by atoms with Gasteiger partial charge in [0.25, 0.3) is 0 Å². The Hall–Kier alpha value is -0.180. The van der Waals surface area contributed by atoms with Crippen LogP contribution in [0.4, 0.5) is 8.78 Å². The van der Waals surface area contributed by atoms with Gasteiger partial charge in [-0.2, -0.15) is 0 Å². The van der Waals surface area contributed by atoms with Crippen molar-refractivity contribution in [2.45, 2.75) is 38.3 Å². The molecule has 0 aromatic carbocycles. The first-order chi connectivity index (χ1) is 4.55. The molecule has 0 unspecified atom stereocenters. The van der Waals surface area contributed by atoms with E-state index >= 15 is 0 Å². The molecule has 0 saturated heterocycles. The van der Waals surface area contributed by atoms with E-state index in [9.17, 15) is 8.78 Å². The maximum Gasteiger partial charge on any atom is 0.151 e. The minimum Gasteiger partial charge on any atom is -0.295 e. The Labute approximate surface area is 60.0 Å². The third-order valence-corrected chi connectivity index (χ3v) is 2.10. The summed E-state index contributed by atoms with van der Waals surface area (Å²) in [6.45, 7) is 3.86. The lowest BCUT2D eigenvalue weighted by Crippen LogP contribution is -2.30. The van der Waals surface area contributed by atoms with Gasteiger partial charge in [0.05, 0.1) is 6.04 Å². The van der Waals surface area contributed by atoms with Crippen LogP contribution in [0.1, 0.15) is 13.8 Å². The molecular weight excluding hydrogens is 136 g/mol. The summed E-state index contributed by atoms with van der Waals surface area (Å²) in [7, 11) is 1.75. The fourth-order valence-corrected chi connectivity index (χ4v) is 1.02. The summed E-state index contributed by atoms with van der Waals surface area (Å²) in [5, 5.41) is 0. The molecule has 1 aliphatic rings. The molecular formula is C7H13F2N. The molecule has 0 spiro atoms. The standard InChI is InChI=1S/C7H13F2N/c1-4(2)10(3)7-5(8)6(7)9/h4-7H,1-3H3/t5-,6-/m0/s1. The highest BCUT2D eigenvalue weighted by atomic mass is 19.2. The minimum atomic E-state index is -1.24. The monoisotopic (exact) mass is 149 g/mol. The van der Waals surface area contributed by atoms with Gasteiger partial charge >= 0.3 is 0 Å². The lowest BCUT2D eigenvalue weighted by Gasteiger charge is -2.19. The van der Waals surface area contributed by atoms with Gasteiger partial charge < -0.3 is 0 Å². The Morgan fingerprint density at radius 3 is 1.70 bits per heavy atom. The van der Waals surface area contributed by atoms with Crippen molar-refractivity contribution in [1.29, 1.82) is 0 Å². The molecule has 60 valence electrons. The van der Waals surface area contributed by atoms with Crippen LogP contribution in [0.2, 0.25) is 0 Å². The average molecular weight is 149 g/mol. The summed E-state index contributed by atoms with van der Waals surface area (Å²) in [4.78, 5) is 1.73. The Balaban J connectivity index is 2.38. The van der Waals surface area contributed by atoms with Gasteiger partial charge in [-0.15, -0.1) is 0 Å². The van der Waals surface area contributed by atoms with E-state index in [-0.39, 0.29) is 6.04 Å². The molecule has 0 bridgehead atoms. The third-order valence-electron chi connectivity index (χ3n) is 2.10. The molecule has 10 heavy (non-hydrogen) atoms. The molecule has 0 amide bonds. The maximum absolute atomic E-state index is 12.4. The predicted molar refractivity (Wildman–Crippen MR) is 36.5 cm³/mol. The fourth-order valence-electron chi connectivity index (χ4n) is 1.02. The molecule has 1 nitrogen and oxygen atoms in total. The molecule has 1 fully saturated rings. The lowest BCUT2D eigenvalue weighted by atomic mass is 10.3. The van der Waals surface area contributed by atoms with Gasteiger partial charge in [-0.25, -0.2) is 8.78 Å². The normalized spacial score (nSPS) is 39.3. The van der Waals surface area contributed by atoms with Crippen LogP contribution in [0.3, 0.4) is 0 Å². The number of nitrogens with zero attached hydrogens (tertiary/aromatic N) is 1. The SMILES string of the molecule is CC(C)N(C)C1[C@@H](F)[C@@H]1F. The topological polar surface area (TPSA) is 3.24 Å². The Morgan fingerprint density at radius 2 is 1.60 bits per heavy atom. The smallest absolute Gasteiger partial charge is 0.151 e. The first kappa shape index (κ1) is 7.92. The van der Waals surface area contributed by atoms with Crippen LogP contribution in [0.5, 0.6) is 0 Å². The highest BCUT2D eigenvalue weighted by Gasteiger charge is 2.55. The second-order valence-electron chi connectivity index (χ2n) is 3.14. The van der Waals surface area contributed by atoms with Crippen LogP contribution in [0.25, 0.3) is 0 Å². The van der Waals surface area contributed by atoms with E-state index in [1.807, 2.05) is 13.8 Å².